The van der Waals surface area contributed by atoms with Gasteiger partial charge in [-0.15, -0.1) is 0 Å². The Kier molecular flexibility index (Phi) is 9.35. The third kappa shape index (κ3) is 5.64. The topological polar surface area (TPSA) is 248 Å². The van der Waals surface area contributed by atoms with E-state index in [9.17, 15) is 51.1 Å². The Morgan fingerprint density at radius 1 is 0.545 bits per heavy atom. The molecular weight excluding hydrogens is 456 g/mol. The minimum absolute atomic E-state index is 0.241. The van der Waals surface area contributed by atoms with Crippen molar-refractivity contribution < 1.29 is 74.7 Å². The first-order chi connectivity index (χ1) is 15.6. The lowest BCUT2D eigenvalue weighted by Gasteiger charge is -2.46. The normalized spacial score (nSPS) is 51.5. The molecule has 10 N–H and O–H groups in total. The second kappa shape index (κ2) is 11.4. The lowest BCUT2D eigenvalue weighted by molar-refractivity contribution is -0.381. The van der Waals surface area contributed by atoms with E-state index in [4.69, 9.17) is 23.7 Å². The van der Waals surface area contributed by atoms with Crippen LogP contribution in [0.4, 0.5) is 0 Å². The molecule has 14 atom stereocenters. The largest absolute Gasteiger partial charge is 0.394 e. The summed E-state index contributed by atoms with van der Waals surface area (Å²) >= 11 is 0. The van der Waals surface area contributed by atoms with Crippen LogP contribution in [-0.4, -0.2) is 157 Å². The fourth-order valence-corrected chi connectivity index (χ4v) is 3.97. The fourth-order valence-electron chi connectivity index (χ4n) is 3.97. The molecule has 0 aromatic carbocycles. The molecule has 0 saturated carbocycles. The highest BCUT2D eigenvalue weighted by molar-refractivity contribution is 4.94. The summed E-state index contributed by atoms with van der Waals surface area (Å²) in [5.74, 6) is 0. The summed E-state index contributed by atoms with van der Waals surface area (Å²) in [4.78, 5) is 0. The first-order valence-electron chi connectivity index (χ1n) is 10.5. The van der Waals surface area contributed by atoms with Crippen LogP contribution in [0.25, 0.3) is 0 Å². The van der Waals surface area contributed by atoms with Gasteiger partial charge in [0.15, 0.2) is 18.9 Å². The standard InChI is InChI=1S/C18H32O15/c19-2-6-10(23)5(22)1-9(29-6)32-17-15(28)13(26)16(8(4-21)31-17)33-18-14(27)12(25)11(24)7(3-20)30-18/h5-28H,1-4H2/t5-,6-,7-,8-,9?,10+,11+,12+,13-,14-,15-,16-,17+,18+/m1/s1. The zero-order chi connectivity index (χ0) is 24.4. The first-order valence-corrected chi connectivity index (χ1v) is 10.5. The van der Waals surface area contributed by atoms with Crippen LogP contribution in [0.3, 0.4) is 0 Å². The van der Waals surface area contributed by atoms with Gasteiger partial charge in [-0.1, -0.05) is 0 Å². The molecule has 0 aliphatic carbocycles. The molecule has 3 fully saturated rings. The molecule has 15 nitrogen and oxygen atoms in total. The summed E-state index contributed by atoms with van der Waals surface area (Å²) in [6.07, 6.45) is -21.4. The quantitative estimate of drug-likeness (QED) is 0.160. The molecular formula is C18H32O15. The van der Waals surface area contributed by atoms with E-state index in [0.29, 0.717) is 0 Å². The van der Waals surface area contributed by atoms with Crippen LogP contribution < -0.4 is 0 Å². The van der Waals surface area contributed by atoms with Crippen molar-refractivity contribution >= 4 is 0 Å². The number of hydrogen-bond acceptors (Lipinski definition) is 15. The van der Waals surface area contributed by atoms with E-state index in [1.807, 2.05) is 0 Å². The molecule has 33 heavy (non-hydrogen) atoms. The number of rotatable bonds is 7. The van der Waals surface area contributed by atoms with Crippen molar-refractivity contribution in [2.45, 2.75) is 92.4 Å². The van der Waals surface area contributed by atoms with Gasteiger partial charge in [0.2, 0.25) is 0 Å². The van der Waals surface area contributed by atoms with Gasteiger partial charge in [-0.3, -0.25) is 0 Å². The average Bonchev–Trinajstić information content (AvgIpc) is 2.80. The number of aliphatic hydroxyl groups is 10. The maximum atomic E-state index is 10.6. The highest BCUT2D eigenvalue weighted by atomic mass is 16.8. The van der Waals surface area contributed by atoms with Crippen LogP contribution in [0.1, 0.15) is 6.42 Å². The molecule has 0 amide bonds. The van der Waals surface area contributed by atoms with Gasteiger partial charge < -0.3 is 74.7 Å². The SMILES string of the molecule is OC[C@H]1O[C@@H](O[C@H]2[C@H](O)[C@@H](O)[C@H](OC3C[C@@H](O)[C@H](O)[C@@H](CO)O3)O[C@@H]2CO)[C@H](O)[C@@H](O)[C@H]1O. The van der Waals surface area contributed by atoms with Gasteiger partial charge in [0.25, 0.3) is 0 Å². The molecule has 194 valence electrons. The second-order valence-electron chi connectivity index (χ2n) is 8.22. The molecule has 0 aromatic heterocycles. The minimum Gasteiger partial charge on any atom is -0.394 e. The van der Waals surface area contributed by atoms with Gasteiger partial charge in [-0.05, 0) is 0 Å². The van der Waals surface area contributed by atoms with Crippen molar-refractivity contribution in [3.05, 3.63) is 0 Å². The van der Waals surface area contributed by atoms with E-state index < -0.39 is 106 Å². The maximum Gasteiger partial charge on any atom is 0.189 e. The van der Waals surface area contributed by atoms with Crippen LogP contribution >= 0.6 is 0 Å². The average molecular weight is 488 g/mol. The summed E-state index contributed by atoms with van der Waals surface area (Å²) in [7, 11) is 0. The third-order valence-corrected chi connectivity index (χ3v) is 5.96. The molecule has 0 bridgehead atoms. The van der Waals surface area contributed by atoms with Gasteiger partial charge >= 0.3 is 0 Å². The van der Waals surface area contributed by atoms with E-state index in [1.165, 1.54) is 0 Å². The third-order valence-electron chi connectivity index (χ3n) is 5.96. The fraction of sp³-hybridized carbons (Fsp3) is 1.00. The Hall–Kier alpha value is -0.600. The summed E-state index contributed by atoms with van der Waals surface area (Å²) in [5.41, 5.74) is 0. The Morgan fingerprint density at radius 2 is 1.06 bits per heavy atom. The molecule has 0 radical (unpaired) electrons. The van der Waals surface area contributed by atoms with E-state index in [1.54, 1.807) is 0 Å². The molecule has 1 unspecified atom stereocenters. The molecule has 0 aromatic rings. The van der Waals surface area contributed by atoms with Gasteiger partial charge in [-0.2, -0.15) is 0 Å². The zero-order valence-electron chi connectivity index (χ0n) is 17.4. The molecule has 3 aliphatic rings. The lowest BCUT2D eigenvalue weighted by Crippen LogP contribution is -2.65. The predicted molar refractivity (Wildman–Crippen MR) is 99.9 cm³/mol. The van der Waals surface area contributed by atoms with Crippen molar-refractivity contribution in [3.8, 4) is 0 Å². The van der Waals surface area contributed by atoms with Gasteiger partial charge in [0.1, 0.15) is 61.0 Å². The summed E-state index contributed by atoms with van der Waals surface area (Å²) in [6, 6.07) is 0. The van der Waals surface area contributed by atoms with Crippen molar-refractivity contribution in [1.82, 2.24) is 0 Å². The van der Waals surface area contributed by atoms with Crippen LogP contribution in [0.15, 0.2) is 0 Å². The molecule has 15 heteroatoms. The van der Waals surface area contributed by atoms with Gasteiger partial charge in [0, 0.05) is 6.42 Å². The number of ether oxygens (including phenoxy) is 5. The Labute approximate surface area is 187 Å². The molecule has 3 aliphatic heterocycles. The molecule has 3 heterocycles. The van der Waals surface area contributed by atoms with E-state index in [0.717, 1.165) is 0 Å². The van der Waals surface area contributed by atoms with Gasteiger partial charge in [-0.25, -0.2) is 0 Å². The smallest absolute Gasteiger partial charge is 0.189 e. The number of aliphatic hydroxyl groups excluding tert-OH is 10. The van der Waals surface area contributed by atoms with Crippen LogP contribution in [0.2, 0.25) is 0 Å². The van der Waals surface area contributed by atoms with Crippen LogP contribution in [0.5, 0.6) is 0 Å². The molecule has 0 spiro atoms. The Morgan fingerprint density at radius 3 is 1.67 bits per heavy atom. The van der Waals surface area contributed by atoms with Crippen LogP contribution in [0, 0.1) is 0 Å². The second-order valence-corrected chi connectivity index (χ2v) is 8.22. The molecule has 3 saturated heterocycles. The highest BCUT2D eigenvalue weighted by Gasteiger charge is 2.51. The van der Waals surface area contributed by atoms with Crippen molar-refractivity contribution in [2.24, 2.45) is 0 Å². The van der Waals surface area contributed by atoms with Crippen molar-refractivity contribution in [1.29, 1.82) is 0 Å². The van der Waals surface area contributed by atoms with E-state index >= 15 is 0 Å². The van der Waals surface area contributed by atoms with Gasteiger partial charge in [0.05, 0.1) is 25.9 Å². The van der Waals surface area contributed by atoms with Crippen molar-refractivity contribution in [3.63, 3.8) is 0 Å². The summed E-state index contributed by atoms with van der Waals surface area (Å²) in [6.45, 7) is -2.09. The van der Waals surface area contributed by atoms with E-state index in [-0.39, 0.29) is 6.42 Å². The zero-order valence-corrected chi connectivity index (χ0v) is 17.4. The minimum atomic E-state index is -1.79. The van der Waals surface area contributed by atoms with Crippen LogP contribution in [-0.2, 0) is 23.7 Å². The van der Waals surface area contributed by atoms with E-state index in [2.05, 4.69) is 0 Å². The highest BCUT2D eigenvalue weighted by Crippen LogP contribution is 2.31. The lowest BCUT2D eigenvalue weighted by atomic mass is 9.97. The number of hydrogen-bond donors (Lipinski definition) is 10. The predicted octanol–water partition coefficient (Wildman–Crippen LogP) is -6.54. The maximum absolute atomic E-state index is 10.6. The van der Waals surface area contributed by atoms with Crippen molar-refractivity contribution in [2.75, 3.05) is 19.8 Å². The summed E-state index contributed by atoms with van der Waals surface area (Å²) < 4.78 is 26.8. The Bertz CT molecular complexity index is 607. The first kappa shape index (κ1) is 27.0. The summed E-state index contributed by atoms with van der Waals surface area (Å²) in [5, 5.41) is 98.8. The monoisotopic (exact) mass is 488 g/mol. The molecule has 3 rings (SSSR count). The Balaban J connectivity index is 1.66.